The molecule has 0 bridgehead atoms. The average molecular weight is 224 g/mol. The van der Waals surface area contributed by atoms with Crippen LogP contribution in [0.25, 0.3) is 0 Å². The zero-order valence-electron chi connectivity index (χ0n) is 10.2. The van der Waals surface area contributed by atoms with E-state index in [9.17, 15) is 5.11 Å². The molecule has 0 aliphatic heterocycles. The lowest BCUT2D eigenvalue weighted by Gasteiger charge is -2.23. The predicted octanol–water partition coefficient (Wildman–Crippen LogP) is 2.03. The van der Waals surface area contributed by atoms with Gasteiger partial charge in [-0.3, -0.25) is 0 Å². The lowest BCUT2D eigenvalue weighted by atomic mass is 9.97. The fourth-order valence-corrected chi connectivity index (χ4v) is 1.56. The summed E-state index contributed by atoms with van der Waals surface area (Å²) in [5.41, 5.74) is 0.260. The molecule has 1 rings (SSSR count). The van der Waals surface area contributed by atoms with Gasteiger partial charge >= 0.3 is 0 Å². The van der Waals surface area contributed by atoms with Crippen LogP contribution in [-0.2, 0) is 11.2 Å². The van der Waals surface area contributed by atoms with E-state index in [2.05, 4.69) is 0 Å². The van der Waals surface area contributed by atoms with Gasteiger partial charge in [0.2, 0.25) is 0 Å². The van der Waals surface area contributed by atoms with Gasteiger partial charge in [0.05, 0.1) is 19.3 Å². The van der Waals surface area contributed by atoms with Crippen molar-refractivity contribution >= 4 is 0 Å². The first-order valence-electron chi connectivity index (χ1n) is 5.50. The van der Waals surface area contributed by atoms with E-state index in [4.69, 9.17) is 9.47 Å². The summed E-state index contributed by atoms with van der Waals surface area (Å²) in [6.07, 6.45) is 0.580. The molecule has 1 atom stereocenters. The molecule has 0 saturated carbocycles. The molecule has 1 aromatic carbocycles. The molecular formula is C13H20O3. The third-order valence-electron chi connectivity index (χ3n) is 2.36. The highest BCUT2D eigenvalue weighted by Crippen LogP contribution is 2.17. The molecule has 0 spiro atoms. The SMILES string of the molecule is CCOCC(C)(O)Cc1ccc(OC)cc1. The summed E-state index contributed by atoms with van der Waals surface area (Å²) in [6.45, 7) is 4.69. The Labute approximate surface area is 97.0 Å². The molecular weight excluding hydrogens is 204 g/mol. The minimum atomic E-state index is -0.815. The molecule has 1 aromatic rings. The standard InChI is InChI=1S/C13H20O3/c1-4-16-10-13(2,14)9-11-5-7-12(15-3)8-6-11/h5-8,14H,4,9-10H2,1-3H3. The van der Waals surface area contributed by atoms with Crippen LogP contribution >= 0.6 is 0 Å². The van der Waals surface area contributed by atoms with Crippen LogP contribution in [0.15, 0.2) is 24.3 Å². The Morgan fingerprint density at radius 2 is 1.88 bits per heavy atom. The monoisotopic (exact) mass is 224 g/mol. The normalized spacial score (nSPS) is 14.5. The minimum Gasteiger partial charge on any atom is -0.497 e. The summed E-state index contributed by atoms with van der Waals surface area (Å²) in [6, 6.07) is 7.71. The predicted molar refractivity (Wildman–Crippen MR) is 63.8 cm³/mol. The number of rotatable bonds is 6. The maximum atomic E-state index is 10.1. The van der Waals surface area contributed by atoms with Crippen molar-refractivity contribution in [2.75, 3.05) is 20.3 Å². The Morgan fingerprint density at radius 1 is 1.25 bits per heavy atom. The summed E-state index contributed by atoms with van der Waals surface area (Å²) >= 11 is 0. The molecule has 0 aromatic heterocycles. The topological polar surface area (TPSA) is 38.7 Å². The molecule has 0 saturated heterocycles. The third-order valence-corrected chi connectivity index (χ3v) is 2.36. The van der Waals surface area contributed by atoms with Crippen LogP contribution in [0.2, 0.25) is 0 Å². The van der Waals surface area contributed by atoms with Crippen molar-refractivity contribution in [1.29, 1.82) is 0 Å². The van der Waals surface area contributed by atoms with Gasteiger partial charge in [-0.05, 0) is 31.5 Å². The molecule has 0 radical (unpaired) electrons. The molecule has 0 aliphatic rings. The van der Waals surface area contributed by atoms with E-state index in [-0.39, 0.29) is 0 Å². The Hall–Kier alpha value is -1.06. The smallest absolute Gasteiger partial charge is 0.118 e. The lowest BCUT2D eigenvalue weighted by Crippen LogP contribution is -2.33. The first kappa shape index (κ1) is 13.0. The molecule has 1 N–H and O–H groups in total. The van der Waals surface area contributed by atoms with E-state index in [1.807, 2.05) is 31.2 Å². The fourth-order valence-electron chi connectivity index (χ4n) is 1.56. The summed E-state index contributed by atoms with van der Waals surface area (Å²) in [5, 5.41) is 10.1. The first-order chi connectivity index (χ1) is 7.57. The molecule has 90 valence electrons. The molecule has 0 amide bonds. The lowest BCUT2D eigenvalue weighted by molar-refractivity contribution is -0.0296. The summed E-state index contributed by atoms with van der Waals surface area (Å²) in [5.74, 6) is 0.827. The van der Waals surface area contributed by atoms with E-state index < -0.39 is 5.60 Å². The van der Waals surface area contributed by atoms with Crippen LogP contribution in [0.1, 0.15) is 19.4 Å². The van der Waals surface area contributed by atoms with E-state index in [0.29, 0.717) is 19.6 Å². The Kier molecular flexibility index (Phi) is 4.77. The van der Waals surface area contributed by atoms with Gasteiger partial charge in [-0.25, -0.2) is 0 Å². The van der Waals surface area contributed by atoms with Crippen LogP contribution in [0.3, 0.4) is 0 Å². The number of hydrogen-bond acceptors (Lipinski definition) is 3. The van der Waals surface area contributed by atoms with E-state index in [1.165, 1.54) is 0 Å². The molecule has 16 heavy (non-hydrogen) atoms. The maximum absolute atomic E-state index is 10.1. The number of benzene rings is 1. The van der Waals surface area contributed by atoms with Crippen molar-refractivity contribution in [3.63, 3.8) is 0 Å². The summed E-state index contributed by atoms with van der Waals surface area (Å²) in [7, 11) is 1.64. The number of aliphatic hydroxyl groups is 1. The van der Waals surface area contributed by atoms with Gasteiger partial charge in [-0.2, -0.15) is 0 Å². The van der Waals surface area contributed by atoms with Crippen LogP contribution < -0.4 is 4.74 Å². The van der Waals surface area contributed by atoms with Crippen molar-refractivity contribution in [2.24, 2.45) is 0 Å². The number of methoxy groups -OCH3 is 1. The third kappa shape index (κ3) is 4.21. The fraction of sp³-hybridized carbons (Fsp3) is 0.538. The Balaban J connectivity index is 2.57. The molecule has 0 aliphatic carbocycles. The van der Waals surface area contributed by atoms with Gasteiger partial charge < -0.3 is 14.6 Å². The largest absolute Gasteiger partial charge is 0.497 e. The van der Waals surface area contributed by atoms with Crippen LogP contribution in [0, 0.1) is 0 Å². The van der Waals surface area contributed by atoms with Crippen molar-refractivity contribution < 1.29 is 14.6 Å². The number of ether oxygens (including phenoxy) is 2. The summed E-state index contributed by atoms with van der Waals surface area (Å²) < 4.78 is 10.3. The molecule has 1 unspecified atom stereocenters. The molecule has 0 fully saturated rings. The highest BCUT2D eigenvalue weighted by atomic mass is 16.5. The maximum Gasteiger partial charge on any atom is 0.118 e. The zero-order valence-corrected chi connectivity index (χ0v) is 10.2. The molecule has 3 nitrogen and oxygen atoms in total. The van der Waals surface area contributed by atoms with Crippen molar-refractivity contribution in [3.05, 3.63) is 29.8 Å². The van der Waals surface area contributed by atoms with Gasteiger partial charge in [-0.1, -0.05) is 12.1 Å². The number of hydrogen-bond donors (Lipinski definition) is 1. The van der Waals surface area contributed by atoms with E-state index >= 15 is 0 Å². The van der Waals surface area contributed by atoms with E-state index in [0.717, 1.165) is 11.3 Å². The van der Waals surface area contributed by atoms with Crippen molar-refractivity contribution in [3.8, 4) is 5.75 Å². The van der Waals surface area contributed by atoms with Gasteiger partial charge in [0.15, 0.2) is 0 Å². The zero-order chi connectivity index (χ0) is 12.0. The molecule has 3 heteroatoms. The van der Waals surface area contributed by atoms with Crippen molar-refractivity contribution in [2.45, 2.75) is 25.9 Å². The Bertz CT molecular complexity index is 303. The van der Waals surface area contributed by atoms with Crippen LogP contribution in [0.5, 0.6) is 5.75 Å². The van der Waals surface area contributed by atoms with Gasteiger partial charge in [0.25, 0.3) is 0 Å². The quantitative estimate of drug-likeness (QED) is 0.803. The Morgan fingerprint density at radius 3 is 2.38 bits per heavy atom. The first-order valence-corrected chi connectivity index (χ1v) is 5.50. The van der Waals surface area contributed by atoms with Gasteiger partial charge in [-0.15, -0.1) is 0 Å². The van der Waals surface area contributed by atoms with E-state index in [1.54, 1.807) is 14.0 Å². The second-order valence-electron chi connectivity index (χ2n) is 4.16. The molecule has 0 heterocycles. The highest BCUT2D eigenvalue weighted by molar-refractivity contribution is 5.27. The van der Waals surface area contributed by atoms with Crippen LogP contribution in [0.4, 0.5) is 0 Å². The minimum absolute atomic E-state index is 0.357. The van der Waals surface area contributed by atoms with Gasteiger partial charge in [0.1, 0.15) is 5.75 Å². The highest BCUT2D eigenvalue weighted by Gasteiger charge is 2.20. The van der Waals surface area contributed by atoms with Crippen molar-refractivity contribution in [1.82, 2.24) is 0 Å². The van der Waals surface area contributed by atoms with Gasteiger partial charge in [0, 0.05) is 13.0 Å². The second-order valence-corrected chi connectivity index (χ2v) is 4.16. The second kappa shape index (κ2) is 5.87. The van der Waals surface area contributed by atoms with Crippen LogP contribution in [-0.4, -0.2) is 31.0 Å². The summed E-state index contributed by atoms with van der Waals surface area (Å²) in [4.78, 5) is 0. The average Bonchev–Trinajstić information content (AvgIpc) is 2.27.